The first-order valence-corrected chi connectivity index (χ1v) is 7.83. The third-order valence-corrected chi connectivity index (χ3v) is 4.54. The first-order chi connectivity index (χ1) is 10.4. The summed E-state index contributed by atoms with van der Waals surface area (Å²) in [4.78, 5) is 13.7. The summed E-state index contributed by atoms with van der Waals surface area (Å²) in [6.07, 6.45) is 0. The van der Waals surface area contributed by atoms with Crippen molar-refractivity contribution < 1.29 is 9.18 Å². The highest BCUT2D eigenvalue weighted by atomic mass is 32.1. The number of carbonyl (C=O) groups excluding carboxylic acids is 1. The van der Waals surface area contributed by atoms with Crippen LogP contribution in [0.3, 0.4) is 0 Å². The van der Waals surface area contributed by atoms with Crippen LogP contribution in [0, 0.1) is 5.82 Å². The minimum Gasteiger partial charge on any atom is -0.321 e. The van der Waals surface area contributed by atoms with E-state index in [1.165, 1.54) is 22.3 Å². The van der Waals surface area contributed by atoms with Gasteiger partial charge < -0.3 is 4.90 Å². The minimum atomic E-state index is -0.390. The molecule has 2 rings (SSSR count). The average Bonchev–Trinajstić information content (AvgIpc) is 2.95. The Hall–Kier alpha value is -2.02. The molecule has 0 saturated carbocycles. The second-order valence-corrected chi connectivity index (χ2v) is 6.35. The third kappa shape index (κ3) is 3.59. The minimum absolute atomic E-state index is 0.262. The van der Waals surface area contributed by atoms with Crippen molar-refractivity contribution in [2.75, 3.05) is 12.4 Å². The van der Waals surface area contributed by atoms with Crippen LogP contribution in [0.15, 0.2) is 24.3 Å². The normalized spacial score (nSPS) is 12.3. The lowest BCUT2D eigenvalue weighted by Gasteiger charge is -2.25. The number of hydrogen-bond donors (Lipinski definition) is 1. The van der Waals surface area contributed by atoms with Crippen molar-refractivity contribution >= 4 is 22.5 Å². The summed E-state index contributed by atoms with van der Waals surface area (Å²) in [6, 6.07) is 5.70. The highest BCUT2D eigenvalue weighted by Gasteiger charge is 2.21. The molecular weight excluding hydrogens is 303 g/mol. The molecule has 1 aromatic heterocycles. The van der Waals surface area contributed by atoms with Crippen LogP contribution >= 0.6 is 11.3 Å². The lowest BCUT2D eigenvalue weighted by Crippen LogP contribution is -2.34. The second-order valence-electron chi connectivity index (χ2n) is 5.34. The highest BCUT2D eigenvalue weighted by Crippen LogP contribution is 2.25. The van der Waals surface area contributed by atoms with Crippen molar-refractivity contribution in [1.82, 2.24) is 15.1 Å². The molecule has 0 radical (unpaired) electrons. The molecular formula is C15H19FN4OS. The largest absolute Gasteiger partial charge is 0.323 e. The van der Waals surface area contributed by atoms with E-state index in [1.54, 1.807) is 32.2 Å². The Labute approximate surface area is 133 Å². The van der Waals surface area contributed by atoms with E-state index in [4.69, 9.17) is 0 Å². The van der Waals surface area contributed by atoms with Crippen LogP contribution in [-0.4, -0.2) is 28.2 Å². The Balaban J connectivity index is 2.06. The fourth-order valence-electron chi connectivity index (χ4n) is 1.90. The number of amides is 2. The van der Waals surface area contributed by atoms with Crippen LogP contribution in [0.5, 0.6) is 0 Å². The van der Waals surface area contributed by atoms with E-state index >= 15 is 0 Å². The number of rotatable bonds is 4. The van der Waals surface area contributed by atoms with Crippen LogP contribution in [0.25, 0.3) is 0 Å². The van der Waals surface area contributed by atoms with E-state index in [1.807, 2.05) is 13.8 Å². The Morgan fingerprint density at radius 3 is 2.55 bits per heavy atom. The number of aromatic nitrogens is 2. The van der Waals surface area contributed by atoms with Crippen molar-refractivity contribution in [2.45, 2.75) is 32.7 Å². The number of halogens is 1. The Bertz CT molecular complexity index is 658. The van der Waals surface area contributed by atoms with E-state index in [0.717, 1.165) is 5.01 Å². The molecule has 2 amide bonds. The molecule has 0 aliphatic heterocycles. The first kappa shape index (κ1) is 16.4. The molecule has 0 fully saturated rings. The fraction of sp³-hybridized carbons (Fsp3) is 0.400. The molecule has 118 valence electrons. The number of urea groups is 1. The summed E-state index contributed by atoms with van der Waals surface area (Å²) in [7, 11) is 1.62. The summed E-state index contributed by atoms with van der Waals surface area (Å²) in [6.45, 7) is 5.80. The molecule has 1 aromatic carbocycles. The second kappa shape index (κ2) is 6.83. The molecule has 5 nitrogen and oxygen atoms in total. The molecule has 1 N–H and O–H groups in total. The lowest BCUT2D eigenvalue weighted by molar-refractivity contribution is 0.207. The summed E-state index contributed by atoms with van der Waals surface area (Å²) in [5.41, 5.74) is 0.472. The highest BCUT2D eigenvalue weighted by molar-refractivity contribution is 7.15. The molecule has 2 aromatic rings. The van der Waals surface area contributed by atoms with E-state index in [2.05, 4.69) is 15.5 Å². The van der Waals surface area contributed by atoms with Crippen molar-refractivity contribution in [1.29, 1.82) is 0 Å². The third-order valence-electron chi connectivity index (χ3n) is 3.40. The van der Waals surface area contributed by atoms with Gasteiger partial charge in [-0.15, -0.1) is 10.2 Å². The van der Waals surface area contributed by atoms with Gasteiger partial charge in [0.1, 0.15) is 10.8 Å². The van der Waals surface area contributed by atoms with Gasteiger partial charge in [-0.3, -0.25) is 5.32 Å². The van der Waals surface area contributed by atoms with Crippen LogP contribution in [0.2, 0.25) is 0 Å². The molecule has 1 atom stereocenters. The van der Waals surface area contributed by atoms with Crippen molar-refractivity contribution in [3.8, 4) is 0 Å². The zero-order valence-corrected chi connectivity index (χ0v) is 13.8. The van der Waals surface area contributed by atoms with Gasteiger partial charge in [-0.1, -0.05) is 43.4 Å². The maximum absolute atomic E-state index is 13.8. The van der Waals surface area contributed by atoms with E-state index < -0.39 is 6.04 Å². The molecule has 7 heteroatoms. The maximum atomic E-state index is 13.8. The number of anilines is 1. The molecule has 0 bridgehead atoms. The topological polar surface area (TPSA) is 58.1 Å². The van der Waals surface area contributed by atoms with Crippen LogP contribution in [-0.2, 0) is 0 Å². The summed E-state index contributed by atoms with van der Waals surface area (Å²) in [5, 5.41) is 12.0. The van der Waals surface area contributed by atoms with Crippen molar-refractivity contribution in [3.63, 3.8) is 0 Å². The number of nitrogens with one attached hydrogen (secondary N) is 1. The molecule has 0 unspecified atom stereocenters. The Morgan fingerprint density at radius 1 is 1.27 bits per heavy atom. The molecule has 22 heavy (non-hydrogen) atoms. The first-order valence-electron chi connectivity index (χ1n) is 7.01. The van der Waals surface area contributed by atoms with Gasteiger partial charge in [-0.25, -0.2) is 9.18 Å². The summed E-state index contributed by atoms with van der Waals surface area (Å²) in [5.74, 6) is -0.0640. The van der Waals surface area contributed by atoms with Gasteiger partial charge in [0.25, 0.3) is 0 Å². The van der Waals surface area contributed by atoms with Crippen LogP contribution < -0.4 is 5.32 Å². The molecule has 1 heterocycles. The average molecular weight is 322 g/mol. The zero-order valence-electron chi connectivity index (χ0n) is 13.0. The van der Waals surface area contributed by atoms with Gasteiger partial charge >= 0.3 is 6.03 Å². The Morgan fingerprint density at radius 2 is 1.95 bits per heavy atom. The predicted molar refractivity (Wildman–Crippen MR) is 85.6 cm³/mol. The predicted octanol–water partition coefficient (Wildman–Crippen LogP) is 4.03. The van der Waals surface area contributed by atoms with E-state index in [-0.39, 0.29) is 17.8 Å². The lowest BCUT2D eigenvalue weighted by atomic mass is 10.1. The van der Waals surface area contributed by atoms with Gasteiger partial charge in [0.05, 0.1) is 6.04 Å². The number of nitrogens with zero attached hydrogens (tertiary/aromatic N) is 3. The quantitative estimate of drug-likeness (QED) is 0.924. The SMILES string of the molecule is CC(C)c1nnc(NC(=O)N(C)[C@H](C)c2ccccc2F)s1. The summed E-state index contributed by atoms with van der Waals surface area (Å²) < 4.78 is 13.8. The number of benzene rings is 1. The fourth-order valence-corrected chi connectivity index (χ4v) is 2.63. The van der Waals surface area contributed by atoms with Gasteiger partial charge in [-0.2, -0.15) is 0 Å². The van der Waals surface area contributed by atoms with Gasteiger partial charge in [0.2, 0.25) is 5.13 Å². The van der Waals surface area contributed by atoms with Crippen molar-refractivity contribution in [3.05, 3.63) is 40.7 Å². The zero-order chi connectivity index (χ0) is 16.3. The molecule has 0 aliphatic rings. The van der Waals surface area contributed by atoms with Gasteiger partial charge in [-0.05, 0) is 13.0 Å². The molecule has 0 saturated heterocycles. The van der Waals surface area contributed by atoms with E-state index in [0.29, 0.717) is 10.7 Å². The number of hydrogen-bond acceptors (Lipinski definition) is 4. The monoisotopic (exact) mass is 322 g/mol. The van der Waals surface area contributed by atoms with E-state index in [9.17, 15) is 9.18 Å². The van der Waals surface area contributed by atoms with Gasteiger partial charge in [0, 0.05) is 18.5 Å². The Kier molecular flexibility index (Phi) is 5.07. The van der Waals surface area contributed by atoms with Crippen molar-refractivity contribution in [2.24, 2.45) is 0 Å². The standard InChI is InChI=1S/C15H19FN4OS/c1-9(2)13-18-19-14(22-13)17-15(21)20(4)10(3)11-7-5-6-8-12(11)16/h5-10H,1-4H3,(H,17,19,21)/t10-/m1/s1. The summed E-state index contributed by atoms with van der Waals surface area (Å²) >= 11 is 1.34. The van der Waals surface area contributed by atoms with Crippen LogP contribution in [0.1, 0.15) is 43.3 Å². The van der Waals surface area contributed by atoms with Gasteiger partial charge in [0.15, 0.2) is 0 Å². The smallest absolute Gasteiger partial charge is 0.321 e. The number of carbonyl (C=O) groups is 1. The molecule has 0 spiro atoms. The maximum Gasteiger partial charge on any atom is 0.323 e. The molecule has 0 aliphatic carbocycles. The van der Waals surface area contributed by atoms with Crippen LogP contribution in [0.4, 0.5) is 14.3 Å².